The fourth-order valence-electron chi connectivity index (χ4n) is 7.29. The molecule has 2 aromatic heterocycles. The molecule has 7 heteroatoms. The van der Waals surface area contributed by atoms with Gasteiger partial charge in [-0.25, -0.2) is 4.98 Å². The van der Waals surface area contributed by atoms with E-state index >= 15 is 0 Å². The van der Waals surface area contributed by atoms with Crippen LogP contribution in [0.1, 0.15) is 61.1 Å². The number of fused-ring (bicyclic) bond motifs is 1. The summed E-state index contributed by atoms with van der Waals surface area (Å²) in [6.45, 7) is 1.46. The normalized spacial score (nSPS) is 34.1. The second kappa shape index (κ2) is 7.05. The number of aliphatic hydroxyl groups is 1. The lowest BCUT2D eigenvalue weighted by Crippen LogP contribution is -2.51. The molecule has 2 amide bonds. The zero-order chi connectivity index (χ0) is 21.2. The highest BCUT2D eigenvalue weighted by atomic mass is 16.3. The Morgan fingerprint density at radius 3 is 2.52 bits per heavy atom. The SMILES string of the molecule is O=C(NCC12CC3CC(CC(C3)C1)C2)c1cccc2nc(CN3C[C@H](O)CC3=O)cn12. The van der Waals surface area contributed by atoms with Crippen molar-refractivity contribution in [3.05, 3.63) is 35.8 Å². The zero-order valence-corrected chi connectivity index (χ0v) is 17.8. The number of aliphatic hydroxyl groups excluding tert-OH is 1. The van der Waals surface area contributed by atoms with Crippen molar-refractivity contribution >= 4 is 17.5 Å². The van der Waals surface area contributed by atoms with Crippen molar-refractivity contribution in [1.82, 2.24) is 19.6 Å². The summed E-state index contributed by atoms with van der Waals surface area (Å²) in [6.07, 6.45) is 9.44. The second-order valence-corrected chi connectivity index (χ2v) is 10.6. The van der Waals surface area contributed by atoms with E-state index < -0.39 is 6.10 Å². The lowest BCUT2D eigenvalue weighted by Gasteiger charge is -2.56. The van der Waals surface area contributed by atoms with Gasteiger partial charge in [-0.2, -0.15) is 0 Å². The van der Waals surface area contributed by atoms with Crippen LogP contribution in [0.4, 0.5) is 0 Å². The predicted octanol–water partition coefficient (Wildman–Crippen LogP) is 2.37. The summed E-state index contributed by atoms with van der Waals surface area (Å²) < 4.78 is 1.82. The van der Waals surface area contributed by atoms with Crippen LogP contribution in [0.15, 0.2) is 24.4 Å². The average molecular weight is 423 g/mol. The van der Waals surface area contributed by atoms with Crippen molar-refractivity contribution in [2.45, 2.75) is 57.6 Å². The van der Waals surface area contributed by atoms with E-state index in [1.807, 2.05) is 28.8 Å². The predicted molar refractivity (Wildman–Crippen MR) is 114 cm³/mol. The number of β-amino-alcohol motifs (C(OH)–C–C–N with tert-alkyl or cyclic N) is 1. The summed E-state index contributed by atoms with van der Waals surface area (Å²) in [5.74, 6) is 2.50. The van der Waals surface area contributed by atoms with E-state index in [2.05, 4.69) is 10.3 Å². The number of nitrogens with zero attached hydrogens (tertiary/aromatic N) is 3. The van der Waals surface area contributed by atoms with Gasteiger partial charge >= 0.3 is 0 Å². The Morgan fingerprint density at radius 1 is 1.16 bits per heavy atom. The van der Waals surface area contributed by atoms with Crippen molar-refractivity contribution in [3.8, 4) is 0 Å². The lowest BCUT2D eigenvalue weighted by atomic mass is 9.49. The minimum absolute atomic E-state index is 0.0573. The molecule has 164 valence electrons. The third-order valence-electron chi connectivity index (χ3n) is 8.11. The third-order valence-corrected chi connectivity index (χ3v) is 8.11. The van der Waals surface area contributed by atoms with Crippen molar-refractivity contribution in [2.24, 2.45) is 23.2 Å². The van der Waals surface area contributed by atoms with Crippen LogP contribution in [-0.4, -0.2) is 50.4 Å². The smallest absolute Gasteiger partial charge is 0.268 e. The molecular formula is C24H30N4O3. The van der Waals surface area contributed by atoms with Gasteiger partial charge in [0.15, 0.2) is 0 Å². The summed E-state index contributed by atoms with van der Waals surface area (Å²) in [6, 6.07) is 5.56. The Hall–Kier alpha value is -2.41. The number of nitrogens with one attached hydrogen (secondary N) is 1. The standard InChI is InChI=1S/C24H30N4O3/c29-19-7-22(30)27(13-19)11-18-12-28-20(2-1-3-21(28)26-18)23(31)25-14-24-8-15-4-16(9-24)6-17(5-15)10-24/h1-3,12,15-17,19,29H,4-11,13-14H2,(H,25,31)/t15?,16?,17?,19-,24?/m1/s1. The Morgan fingerprint density at radius 2 is 1.87 bits per heavy atom. The summed E-state index contributed by atoms with van der Waals surface area (Å²) in [7, 11) is 0. The number of imidazole rings is 1. The highest BCUT2D eigenvalue weighted by Gasteiger charge is 2.50. The van der Waals surface area contributed by atoms with Gasteiger partial charge in [-0.05, 0) is 73.8 Å². The maximum absolute atomic E-state index is 13.1. The molecule has 7 rings (SSSR count). The van der Waals surface area contributed by atoms with Crippen LogP contribution in [-0.2, 0) is 11.3 Å². The van der Waals surface area contributed by atoms with Crippen molar-refractivity contribution in [2.75, 3.05) is 13.1 Å². The Kier molecular flexibility index (Phi) is 4.39. The summed E-state index contributed by atoms with van der Waals surface area (Å²) in [5, 5.41) is 13.0. The lowest BCUT2D eigenvalue weighted by molar-refractivity contribution is -0.128. The van der Waals surface area contributed by atoms with Gasteiger partial charge in [0.05, 0.1) is 24.8 Å². The maximum Gasteiger partial charge on any atom is 0.268 e. The molecule has 0 radical (unpaired) electrons. The molecule has 4 aliphatic carbocycles. The molecule has 1 atom stereocenters. The molecule has 1 aliphatic heterocycles. The second-order valence-electron chi connectivity index (χ2n) is 10.6. The Bertz CT molecular complexity index is 1010. The van der Waals surface area contributed by atoms with E-state index in [1.165, 1.54) is 38.5 Å². The first-order chi connectivity index (χ1) is 15.0. The van der Waals surface area contributed by atoms with Gasteiger partial charge in [-0.1, -0.05) is 6.07 Å². The molecule has 1 saturated heterocycles. The van der Waals surface area contributed by atoms with Gasteiger partial charge in [-0.15, -0.1) is 0 Å². The van der Waals surface area contributed by atoms with Crippen LogP contribution in [0.25, 0.3) is 5.65 Å². The van der Waals surface area contributed by atoms with E-state index in [-0.39, 0.29) is 18.2 Å². The van der Waals surface area contributed by atoms with Gasteiger partial charge in [0.1, 0.15) is 11.3 Å². The van der Waals surface area contributed by atoms with Crippen LogP contribution in [0.5, 0.6) is 0 Å². The number of carbonyl (C=O) groups is 2. The molecule has 2 aromatic rings. The quantitative estimate of drug-likeness (QED) is 0.775. The van der Waals surface area contributed by atoms with E-state index in [0.29, 0.717) is 29.8 Å². The molecule has 3 heterocycles. The van der Waals surface area contributed by atoms with Gasteiger partial charge in [0.25, 0.3) is 5.91 Å². The summed E-state index contributed by atoms with van der Waals surface area (Å²) in [5.41, 5.74) is 2.30. The first kappa shape index (κ1) is 19.3. The fraction of sp³-hybridized carbons (Fsp3) is 0.625. The minimum Gasteiger partial charge on any atom is -0.391 e. The highest BCUT2D eigenvalue weighted by molar-refractivity contribution is 5.93. The number of aromatic nitrogens is 2. The molecule has 0 spiro atoms. The van der Waals surface area contributed by atoms with Gasteiger partial charge < -0.3 is 15.3 Å². The topological polar surface area (TPSA) is 86.9 Å². The Labute approximate surface area is 181 Å². The number of amides is 2. The molecule has 0 aromatic carbocycles. The number of pyridine rings is 1. The molecular weight excluding hydrogens is 392 g/mol. The van der Waals surface area contributed by atoms with Gasteiger partial charge in [0.2, 0.25) is 5.91 Å². The number of carbonyl (C=O) groups excluding carboxylic acids is 2. The molecule has 0 unspecified atom stereocenters. The summed E-state index contributed by atoms with van der Waals surface area (Å²) >= 11 is 0. The van der Waals surface area contributed by atoms with Crippen molar-refractivity contribution < 1.29 is 14.7 Å². The largest absolute Gasteiger partial charge is 0.391 e. The monoisotopic (exact) mass is 422 g/mol. The number of likely N-dealkylation sites (tertiary alicyclic amines) is 1. The molecule has 31 heavy (non-hydrogen) atoms. The highest BCUT2D eigenvalue weighted by Crippen LogP contribution is 2.59. The van der Waals surface area contributed by atoms with Crippen molar-refractivity contribution in [3.63, 3.8) is 0 Å². The fourth-order valence-corrected chi connectivity index (χ4v) is 7.29. The Balaban J connectivity index is 1.18. The number of hydrogen-bond acceptors (Lipinski definition) is 4. The zero-order valence-electron chi connectivity index (χ0n) is 17.8. The van der Waals surface area contributed by atoms with Crippen LogP contribution in [0.3, 0.4) is 0 Å². The molecule has 5 fully saturated rings. The van der Waals surface area contributed by atoms with Gasteiger partial charge in [-0.3, -0.25) is 14.0 Å². The maximum atomic E-state index is 13.1. The van der Waals surface area contributed by atoms with Crippen molar-refractivity contribution in [1.29, 1.82) is 0 Å². The van der Waals surface area contributed by atoms with Crippen LogP contribution in [0, 0.1) is 23.2 Å². The minimum atomic E-state index is -0.601. The first-order valence-electron chi connectivity index (χ1n) is 11.7. The van der Waals surface area contributed by atoms with E-state index in [9.17, 15) is 14.7 Å². The van der Waals surface area contributed by atoms with E-state index in [4.69, 9.17) is 0 Å². The average Bonchev–Trinajstić information content (AvgIpc) is 3.26. The van der Waals surface area contributed by atoms with Gasteiger partial charge in [0, 0.05) is 19.3 Å². The number of rotatable bonds is 5. The molecule has 5 aliphatic rings. The molecule has 4 bridgehead atoms. The van der Waals surface area contributed by atoms with Crippen LogP contribution < -0.4 is 5.32 Å². The molecule has 4 saturated carbocycles. The van der Waals surface area contributed by atoms with E-state index in [1.54, 1.807) is 4.90 Å². The van der Waals surface area contributed by atoms with Crippen LogP contribution in [0.2, 0.25) is 0 Å². The molecule has 7 nitrogen and oxygen atoms in total. The number of hydrogen-bond donors (Lipinski definition) is 2. The van der Waals surface area contributed by atoms with Crippen LogP contribution >= 0.6 is 0 Å². The molecule has 2 N–H and O–H groups in total. The third kappa shape index (κ3) is 3.43. The van der Waals surface area contributed by atoms with E-state index in [0.717, 1.165) is 30.0 Å². The summed E-state index contributed by atoms with van der Waals surface area (Å²) in [4.78, 5) is 31.4. The first-order valence-corrected chi connectivity index (χ1v) is 11.7.